The van der Waals surface area contributed by atoms with Gasteiger partial charge in [0.1, 0.15) is 5.25 Å². The number of carbonyl (C=O) groups is 1. The van der Waals surface area contributed by atoms with Gasteiger partial charge in [0, 0.05) is 5.69 Å². The van der Waals surface area contributed by atoms with Crippen molar-refractivity contribution in [2.24, 2.45) is 0 Å². The number of anilines is 1. The van der Waals surface area contributed by atoms with Gasteiger partial charge < -0.3 is 5.32 Å². The molecule has 1 atom stereocenters. The molecule has 0 aliphatic carbocycles. The third-order valence-corrected chi connectivity index (χ3v) is 5.21. The van der Waals surface area contributed by atoms with Crippen LogP contribution in [0.1, 0.15) is 41.8 Å². The lowest BCUT2D eigenvalue weighted by molar-refractivity contribution is -0.115. The second-order valence-electron chi connectivity index (χ2n) is 6.77. The number of hydrogen-bond acceptors (Lipinski definition) is 5. The first-order valence-corrected chi connectivity index (χ1v) is 9.70. The number of benzene rings is 2. The summed E-state index contributed by atoms with van der Waals surface area (Å²) in [6, 6.07) is 15.8. The number of tetrazole rings is 1. The van der Waals surface area contributed by atoms with E-state index >= 15 is 0 Å². The van der Waals surface area contributed by atoms with Gasteiger partial charge in [-0.2, -0.15) is 0 Å². The van der Waals surface area contributed by atoms with E-state index in [9.17, 15) is 4.79 Å². The fourth-order valence-electron chi connectivity index (χ4n) is 2.85. The van der Waals surface area contributed by atoms with Gasteiger partial charge in [-0.25, -0.2) is 4.68 Å². The van der Waals surface area contributed by atoms with Gasteiger partial charge in [-0.05, 0) is 66.9 Å². The van der Waals surface area contributed by atoms with Gasteiger partial charge in [0.05, 0.1) is 6.04 Å². The zero-order valence-electron chi connectivity index (χ0n) is 15.9. The number of aromatic nitrogens is 4. The van der Waals surface area contributed by atoms with Crippen molar-refractivity contribution in [2.45, 2.75) is 44.1 Å². The molecule has 0 aliphatic heterocycles. The van der Waals surface area contributed by atoms with Crippen LogP contribution in [0.15, 0.2) is 53.7 Å². The maximum atomic E-state index is 13.1. The van der Waals surface area contributed by atoms with Crippen molar-refractivity contribution in [1.29, 1.82) is 0 Å². The number of carbonyl (C=O) groups excluding carboxylic acids is 1. The summed E-state index contributed by atoms with van der Waals surface area (Å²) >= 11 is 1.35. The third kappa shape index (κ3) is 4.74. The van der Waals surface area contributed by atoms with Crippen molar-refractivity contribution in [1.82, 2.24) is 20.2 Å². The quantitative estimate of drug-likeness (QED) is 0.643. The van der Waals surface area contributed by atoms with Crippen molar-refractivity contribution in [2.75, 3.05) is 5.32 Å². The zero-order chi connectivity index (χ0) is 19.4. The van der Waals surface area contributed by atoms with Gasteiger partial charge in [0.25, 0.3) is 0 Å². The number of nitrogens with one attached hydrogen (secondary N) is 1. The highest BCUT2D eigenvalue weighted by Gasteiger charge is 2.25. The molecule has 0 radical (unpaired) electrons. The second-order valence-corrected chi connectivity index (χ2v) is 7.85. The van der Waals surface area contributed by atoms with Crippen molar-refractivity contribution in [3.63, 3.8) is 0 Å². The van der Waals surface area contributed by atoms with Crippen LogP contribution < -0.4 is 5.32 Å². The third-order valence-electron chi connectivity index (χ3n) is 4.00. The Balaban J connectivity index is 1.90. The molecule has 7 heteroatoms. The van der Waals surface area contributed by atoms with E-state index in [4.69, 9.17) is 0 Å². The van der Waals surface area contributed by atoms with Crippen LogP contribution in [0, 0.1) is 13.8 Å². The molecule has 0 spiro atoms. The van der Waals surface area contributed by atoms with E-state index in [1.165, 1.54) is 11.8 Å². The molecule has 0 saturated carbocycles. The van der Waals surface area contributed by atoms with E-state index in [1.54, 1.807) is 4.68 Å². The minimum Gasteiger partial charge on any atom is -0.325 e. The maximum Gasteiger partial charge on any atom is 0.242 e. The fraction of sp³-hybridized carbons (Fsp3) is 0.300. The minimum absolute atomic E-state index is 0.102. The Morgan fingerprint density at radius 3 is 2.37 bits per heavy atom. The summed E-state index contributed by atoms with van der Waals surface area (Å²) in [5.74, 6) is -0.102. The van der Waals surface area contributed by atoms with Gasteiger partial charge in [-0.3, -0.25) is 4.79 Å². The number of nitrogens with zero attached hydrogens (tertiary/aromatic N) is 4. The van der Waals surface area contributed by atoms with Crippen molar-refractivity contribution in [3.8, 4) is 0 Å². The number of rotatable bonds is 6. The topological polar surface area (TPSA) is 72.7 Å². The molecule has 27 heavy (non-hydrogen) atoms. The number of amides is 1. The van der Waals surface area contributed by atoms with Crippen molar-refractivity contribution < 1.29 is 4.79 Å². The summed E-state index contributed by atoms with van der Waals surface area (Å²) in [5.41, 5.74) is 3.92. The number of hydrogen-bond donors (Lipinski definition) is 1. The first-order valence-electron chi connectivity index (χ1n) is 8.82. The minimum atomic E-state index is -0.462. The van der Waals surface area contributed by atoms with Gasteiger partial charge >= 0.3 is 0 Å². The molecular formula is C20H23N5OS. The SMILES string of the molecule is Cc1cc(C)cc(NC(=O)C(Sc2nnnn2C(C)C)c2ccccc2)c1. The average Bonchev–Trinajstić information content (AvgIpc) is 3.08. The molecule has 1 aromatic heterocycles. The lowest BCUT2D eigenvalue weighted by Crippen LogP contribution is -2.20. The van der Waals surface area contributed by atoms with Crippen LogP contribution in [0.5, 0.6) is 0 Å². The Morgan fingerprint density at radius 1 is 1.07 bits per heavy atom. The standard InChI is InChI=1S/C20H23N5OS/c1-13(2)25-20(22-23-24-25)27-18(16-8-6-5-7-9-16)19(26)21-17-11-14(3)10-15(4)12-17/h5-13,18H,1-4H3,(H,21,26). The maximum absolute atomic E-state index is 13.1. The number of aryl methyl sites for hydroxylation is 2. The van der Waals surface area contributed by atoms with Gasteiger partial charge in [0.2, 0.25) is 11.1 Å². The molecule has 1 unspecified atom stereocenters. The molecule has 1 heterocycles. The molecule has 140 valence electrons. The van der Waals surface area contributed by atoms with Crippen LogP contribution in [0.2, 0.25) is 0 Å². The van der Waals surface area contributed by atoms with Crippen LogP contribution in [0.4, 0.5) is 5.69 Å². The molecule has 0 bridgehead atoms. The first-order chi connectivity index (χ1) is 12.9. The summed E-state index contributed by atoms with van der Waals surface area (Å²) in [7, 11) is 0. The predicted molar refractivity (Wildman–Crippen MR) is 108 cm³/mol. The van der Waals surface area contributed by atoms with Crippen LogP contribution in [0.3, 0.4) is 0 Å². The molecule has 0 saturated heterocycles. The lowest BCUT2D eigenvalue weighted by atomic mass is 10.1. The summed E-state index contributed by atoms with van der Waals surface area (Å²) in [4.78, 5) is 13.1. The van der Waals surface area contributed by atoms with Crippen LogP contribution in [-0.2, 0) is 4.79 Å². The van der Waals surface area contributed by atoms with Crippen LogP contribution >= 0.6 is 11.8 Å². The Bertz CT molecular complexity index is 903. The largest absolute Gasteiger partial charge is 0.325 e. The average molecular weight is 382 g/mol. The smallest absolute Gasteiger partial charge is 0.242 e. The van der Waals surface area contributed by atoms with Gasteiger partial charge in [-0.15, -0.1) is 5.10 Å². The van der Waals surface area contributed by atoms with Gasteiger partial charge in [-0.1, -0.05) is 48.2 Å². The molecule has 6 nitrogen and oxygen atoms in total. The second kappa shape index (κ2) is 8.35. The molecule has 3 aromatic rings. The summed E-state index contributed by atoms with van der Waals surface area (Å²) in [6.07, 6.45) is 0. The molecule has 1 N–H and O–H groups in total. The highest BCUT2D eigenvalue weighted by molar-refractivity contribution is 8.00. The Labute approximate surface area is 163 Å². The summed E-state index contributed by atoms with van der Waals surface area (Å²) in [6.45, 7) is 8.05. The summed E-state index contributed by atoms with van der Waals surface area (Å²) in [5, 5.41) is 15.1. The van der Waals surface area contributed by atoms with Crippen LogP contribution in [0.25, 0.3) is 0 Å². The van der Waals surface area contributed by atoms with Gasteiger partial charge in [0.15, 0.2) is 0 Å². The van der Waals surface area contributed by atoms with E-state index in [0.717, 1.165) is 22.4 Å². The van der Waals surface area contributed by atoms with Crippen molar-refractivity contribution in [3.05, 3.63) is 65.2 Å². The highest BCUT2D eigenvalue weighted by atomic mass is 32.2. The van der Waals surface area contributed by atoms with E-state index in [-0.39, 0.29) is 11.9 Å². The summed E-state index contributed by atoms with van der Waals surface area (Å²) < 4.78 is 1.73. The number of thioether (sulfide) groups is 1. The van der Waals surface area contributed by atoms with E-state index in [2.05, 4.69) is 26.9 Å². The molecule has 0 aliphatic rings. The lowest BCUT2D eigenvalue weighted by Gasteiger charge is -2.17. The Hall–Kier alpha value is -2.67. The van der Waals surface area contributed by atoms with E-state index in [1.807, 2.05) is 70.2 Å². The predicted octanol–water partition coefficient (Wildman–Crippen LogP) is 4.34. The van der Waals surface area contributed by atoms with Crippen molar-refractivity contribution >= 4 is 23.4 Å². The zero-order valence-corrected chi connectivity index (χ0v) is 16.7. The monoisotopic (exact) mass is 381 g/mol. The fourth-order valence-corrected chi connectivity index (χ4v) is 3.96. The first kappa shape index (κ1) is 19.1. The molecule has 3 rings (SSSR count). The molecule has 1 amide bonds. The van der Waals surface area contributed by atoms with Crippen LogP contribution in [-0.4, -0.2) is 26.1 Å². The van der Waals surface area contributed by atoms with E-state index < -0.39 is 5.25 Å². The molecule has 2 aromatic carbocycles. The normalized spacial score (nSPS) is 12.2. The molecule has 0 fully saturated rings. The molecular weight excluding hydrogens is 358 g/mol. The Kier molecular flexibility index (Phi) is 5.91. The van der Waals surface area contributed by atoms with E-state index in [0.29, 0.717) is 5.16 Å². The Morgan fingerprint density at radius 2 is 1.74 bits per heavy atom. The highest BCUT2D eigenvalue weighted by Crippen LogP contribution is 2.35.